The van der Waals surface area contributed by atoms with Gasteiger partial charge < -0.3 is 14.2 Å². The van der Waals surface area contributed by atoms with Crippen LogP contribution in [0.2, 0.25) is 0 Å². The molecular weight excluding hydrogens is 380 g/mol. The molecule has 2 rings (SSSR count). The van der Waals surface area contributed by atoms with Crippen LogP contribution in [0.5, 0.6) is 0 Å². The smallest absolute Gasteiger partial charge is 0.323 e. The van der Waals surface area contributed by atoms with Gasteiger partial charge in [-0.25, -0.2) is 0 Å². The van der Waals surface area contributed by atoms with E-state index in [1.807, 2.05) is 26.0 Å². The van der Waals surface area contributed by atoms with Crippen LogP contribution in [-0.4, -0.2) is 38.4 Å². The zero-order valence-corrected chi connectivity index (χ0v) is 18.9. The molecule has 0 bridgehead atoms. The summed E-state index contributed by atoms with van der Waals surface area (Å²) in [4.78, 5) is 25.2. The van der Waals surface area contributed by atoms with E-state index in [9.17, 15) is 9.59 Å². The maximum atomic E-state index is 12.6. The molecule has 0 atom stereocenters. The molecule has 0 N–H and O–H groups in total. The number of methoxy groups -OCH3 is 2. The highest BCUT2D eigenvalue weighted by molar-refractivity contribution is 6.01. The largest absolute Gasteiger partial charge is 0.468 e. The summed E-state index contributed by atoms with van der Waals surface area (Å²) in [6, 6.07) is 0. The molecule has 30 heavy (non-hydrogen) atoms. The van der Waals surface area contributed by atoms with Gasteiger partial charge in [0.2, 0.25) is 0 Å². The van der Waals surface area contributed by atoms with Crippen LogP contribution in [0, 0.1) is 17.3 Å². The van der Waals surface area contributed by atoms with E-state index >= 15 is 0 Å². The van der Waals surface area contributed by atoms with E-state index in [0.717, 1.165) is 29.6 Å². The first kappa shape index (κ1) is 24.0. The van der Waals surface area contributed by atoms with E-state index < -0.39 is 23.0 Å². The average Bonchev–Trinajstić information content (AvgIpc) is 3.27. The lowest BCUT2D eigenvalue weighted by atomic mass is 9.83. The number of unbranched alkanes of at least 4 members (excludes halogenated alkanes) is 4. The maximum Gasteiger partial charge on any atom is 0.323 e. The Morgan fingerprint density at radius 1 is 1.10 bits per heavy atom. The van der Waals surface area contributed by atoms with Crippen molar-refractivity contribution in [2.24, 2.45) is 5.41 Å². The Hall–Kier alpha value is -2.32. The van der Waals surface area contributed by atoms with E-state index in [2.05, 4.69) is 24.8 Å². The summed E-state index contributed by atoms with van der Waals surface area (Å²) < 4.78 is 15.6. The third-order valence-electron chi connectivity index (χ3n) is 5.78. The molecule has 2 aliphatic rings. The van der Waals surface area contributed by atoms with E-state index in [4.69, 9.17) is 14.2 Å². The van der Waals surface area contributed by atoms with Crippen LogP contribution in [-0.2, 0) is 23.8 Å². The number of rotatable bonds is 8. The van der Waals surface area contributed by atoms with Gasteiger partial charge in [0.15, 0.2) is 5.41 Å². The van der Waals surface area contributed by atoms with Crippen molar-refractivity contribution in [3.63, 3.8) is 0 Å². The molecule has 164 valence electrons. The normalized spacial score (nSPS) is 19.4. The Morgan fingerprint density at radius 2 is 1.80 bits per heavy atom. The lowest BCUT2D eigenvalue weighted by Crippen LogP contribution is -2.39. The predicted molar refractivity (Wildman–Crippen MR) is 117 cm³/mol. The van der Waals surface area contributed by atoms with Crippen molar-refractivity contribution in [3.05, 3.63) is 34.9 Å². The van der Waals surface area contributed by atoms with Gasteiger partial charge in [-0.15, -0.1) is 0 Å². The second kappa shape index (κ2) is 10.6. The van der Waals surface area contributed by atoms with Crippen molar-refractivity contribution in [1.29, 1.82) is 0 Å². The first-order valence-electron chi connectivity index (χ1n) is 10.7. The molecule has 1 heterocycles. The molecule has 0 spiro atoms. The van der Waals surface area contributed by atoms with E-state index in [-0.39, 0.29) is 12.8 Å². The molecule has 1 aliphatic carbocycles. The second-order valence-corrected chi connectivity index (χ2v) is 8.36. The van der Waals surface area contributed by atoms with Gasteiger partial charge in [0.1, 0.15) is 0 Å². The van der Waals surface area contributed by atoms with Crippen molar-refractivity contribution in [2.45, 2.75) is 71.3 Å². The number of hydrogen-bond donors (Lipinski definition) is 0. The molecule has 1 aliphatic heterocycles. The minimum atomic E-state index is -1.37. The summed E-state index contributed by atoms with van der Waals surface area (Å²) in [6.45, 7) is 6.69. The van der Waals surface area contributed by atoms with Gasteiger partial charge in [0.05, 0.1) is 26.4 Å². The SMILES string of the molecule is CCCCCC/C=C/C1=C(C#CC2=CCOC2(C)C)CC(C(=O)OC)(C(=O)OC)C1. The highest BCUT2D eigenvalue weighted by atomic mass is 16.5. The zero-order chi connectivity index (χ0) is 22.2. The molecular formula is C25H34O5. The number of carbonyl (C=O) groups excluding carboxylic acids is 2. The fourth-order valence-electron chi connectivity index (χ4n) is 3.87. The van der Waals surface area contributed by atoms with Crippen LogP contribution in [0.4, 0.5) is 0 Å². The van der Waals surface area contributed by atoms with E-state index in [1.54, 1.807) is 0 Å². The van der Waals surface area contributed by atoms with Crippen molar-refractivity contribution in [2.75, 3.05) is 20.8 Å². The Kier molecular flexibility index (Phi) is 8.49. The Balaban J connectivity index is 2.31. The van der Waals surface area contributed by atoms with Crippen LogP contribution in [0.25, 0.3) is 0 Å². The number of allylic oxidation sites excluding steroid dienone is 4. The highest BCUT2D eigenvalue weighted by Crippen LogP contribution is 2.44. The molecule has 0 aromatic heterocycles. The van der Waals surface area contributed by atoms with Crippen LogP contribution in [0.3, 0.4) is 0 Å². The number of esters is 2. The van der Waals surface area contributed by atoms with Gasteiger partial charge in [-0.2, -0.15) is 0 Å². The molecule has 0 saturated carbocycles. The Labute approximate surface area is 180 Å². The van der Waals surface area contributed by atoms with Crippen molar-refractivity contribution in [1.82, 2.24) is 0 Å². The predicted octanol–water partition coefficient (Wildman–Crippen LogP) is 4.67. The maximum absolute atomic E-state index is 12.6. The summed E-state index contributed by atoms with van der Waals surface area (Å²) in [5, 5.41) is 0. The van der Waals surface area contributed by atoms with Gasteiger partial charge >= 0.3 is 11.9 Å². The van der Waals surface area contributed by atoms with Crippen molar-refractivity contribution in [3.8, 4) is 11.8 Å². The molecule has 0 amide bonds. The molecule has 0 radical (unpaired) electrons. The molecule has 0 aromatic carbocycles. The number of ether oxygens (including phenoxy) is 3. The molecule has 0 saturated heterocycles. The summed E-state index contributed by atoms with van der Waals surface area (Å²) in [7, 11) is 2.59. The first-order chi connectivity index (χ1) is 14.3. The summed E-state index contributed by atoms with van der Waals surface area (Å²) in [5.74, 6) is 5.26. The monoisotopic (exact) mass is 414 g/mol. The molecule has 5 nitrogen and oxygen atoms in total. The fourth-order valence-corrected chi connectivity index (χ4v) is 3.87. The van der Waals surface area contributed by atoms with Crippen molar-refractivity contribution >= 4 is 11.9 Å². The van der Waals surface area contributed by atoms with Crippen LogP contribution >= 0.6 is 0 Å². The van der Waals surface area contributed by atoms with Crippen molar-refractivity contribution < 1.29 is 23.8 Å². The zero-order valence-electron chi connectivity index (χ0n) is 18.9. The summed E-state index contributed by atoms with van der Waals surface area (Å²) in [6.07, 6.45) is 12.2. The molecule has 0 aromatic rings. The topological polar surface area (TPSA) is 61.8 Å². The van der Waals surface area contributed by atoms with Crippen LogP contribution in [0.1, 0.15) is 65.7 Å². The minimum Gasteiger partial charge on any atom is -0.468 e. The van der Waals surface area contributed by atoms with Crippen LogP contribution < -0.4 is 0 Å². The quantitative estimate of drug-likeness (QED) is 0.250. The first-order valence-corrected chi connectivity index (χ1v) is 10.7. The molecule has 5 heteroatoms. The summed E-state index contributed by atoms with van der Waals surface area (Å²) >= 11 is 0. The van der Waals surface area contributed by atoms with Gasteiger partial charge in [0.25, 0.3) is 0 Å². The van der Waals surface area contributed by atoms with Crippen LogP contribution in [0.15, 0.2) is 34.9 Å². The Bertz CT molecular complexity index is 785. The lowest BCUT2D eigenvalue weighted by Gasteiger charge is -2.23. The van der Waals surface area contributed by atoms with E-state index in [1.165, 1.54) is 33.5 Å². The minimum absolute atomic E-state index is 0.184. The number of carbonyl (C=O) groups is 2. The Morgan fingerprint density at radius 3 is 2.37 bits per heavy atom. The third kappa shape index (κ3) is 5.43. The van der Waals surface area contributed by atoms with E-state index in [0.29, 0.717) is 6.61 Å². The molecule has 0 unspecified atom stereocenters. The van der Waals surface area contributed by atoms with Gasteiger partial charge in [0, 0.05) is 24.0 Å². The second-order valence-electron chi connectivity index (χ2n) is 8.36. The summed E-state index contributed by atoms with van der Waals surface area (Å²) in [5.41, 5.74) is 0.783. The fraction of sp³-hybridized carbons (Fsp3) is 0.600. The van der Waals surface area contributed by atoms with Gasteiger partial charge in [-0.05, 0) is 38.3 Å². The standard InChI is InChI=1S/C25H34O5/c1-6-7-8-9-10-11-12-19-17-25(22(26)28-4,23(27)29-5)18-20(19)13-14-21-15-16-30-24(21,2)3/h11-12,15H,6-10,16-18H2,1-5H3/b12-11+. The average molecular weight is 415 g/mol. The number of hydrogen-bond acceptors (Lipinski definition) is 5. The highest BCUT2D eigenvalue weighted by Gasteiger charge is 2.52. The van der Waals surface area contributed by atoms with Gasteiger partial charge in [-0.1, -0.05) is 50.2 Å². The third-order valence-corrected chi connectivity index (χ3v) is 5.78. The van der Waals surface area contributed by atoms with Gasteiger partial charge in [-0.3, -0.25) is 9.59 Å². The lowest BCUT2D eigenvalue weighted by molar-refractivity contribution is -0.168. The molecule has 0 fully saturated rings.